The first-order chi connectivity index (χ1) is 15.0. The molecule has 0 bridgehead atoms. The molecule has 0 unspecified atom stereocenters. The van der Waals surface area contributed by atoms with Crippen LogP contribution in [0.3, 0.4) is 0 Å². The largest absolute Gasteiger partial charge is 0.270 e. The summed E-state index contributed by atoms with van der Waals surface area (Å²) in [7, 11) is -3.28. The van der Waals surface area contributed by atoms with Crippen LogP contribution in [0.15, 0.2) is 36.0 Å². The zero-order valence-electron chi connectivity index (χ0n) is 20.7. The van der Waals surface area contributed by atoms with Crippen LogP contribution in [-0.4, -0.2) is 21.3 Å². The average molecular weight is 455 g/mol. The molecule has 0 saturated carbocycles. The van der Waals surface area contributed by atoms with Gasteiger partial charge in [0, 0.05) is 0 Å². The number of allylic oxidation sites excluding steroid dienone is 6. The zero-order valence-corrected chi connectivity index (χ0v) is 21.6. The molecular formula is C27H50O3S. The van der Waals surface area contributed by atoms with Crippen molar-refractivity contribution < 1.29 is 12.6 Å². The second kappa shape index (κ2) is 22.3. The van der Waals surface area contributed by atoms with Crippen LogP contribution in [0.4, 0.5) is 0 Å². The zero-order chi connectivity index (χ0) is 23.0. The maximum atomic E-state index is 10.9. The molecule has 0 heterocycles. The van der Waals surface area contributed by atoms with E-state index in [4.69, 9.17) is 4.18 Å². The van der Waals surface area contributed by atoms with Gasteiger partial charge in [0.2, 0.25) is 0 Å². The first-order valence-corrected chi connectivity index (χ1v) is 14.7. The van der Waals surface area contributed by atoms with Crippen molar-refractivity contribution in [2.24, 2.45) is 0 Å². The lowest BCUT2D eigenvalue weighted by atomic mass is 10.1. The summed E-state index contributed by atoms with van der Waals surface area (Å²) in [5.41, 5.74) is 1.36. The highest BCUT2D eigenvalue weighted by atomic mass is 32.2. The van der Waals surface area contributed by atoms with E-state index in [0.717, 1.165) is 31.9 Å². The third kappa shape index (κ3) is 25.3. The Hall–Kier alpha value is -0.870. The van der Waals surface area contributed by atoms with E-state index < -0.39 is 10.1 Å². The lowest BCUT2D eigenvalue weighted by Crippen LogP contribution is -2.03. The van der Waals surface area contributed by atoms with E-state index in [-0.39, 0.29) is 0 Å². The molecule has 0 aliphatic heterocycles. The molecule has 0 amide bonds. The van der Waals surface area contributed by atoms with E-state index in [1.807, 2.05) is 0 Å². The average Bonchev–Trinajstić information content (AvgIpc) is 2.72. The summed E-state index contributed by atoms with van der Waals surface area (Å²) in [4.78, 5) is 0. The second-order valence-electron chi connectivity index (χ2n) is 8.64. The van der Waals surface area contributed by atoms with E-state index >= 15 is 0 Å². The highest BCUT2D eigenvalue weighted by Crippen LogP contribution is 2.12. The molecule has 0 radical (unpaired) electrons. The molecule has 4 heteroatoms. The minimum absolute atomic E-state index is 0.320. The maximum absolute atomic E-state index is 10.9. The van der Waals surface area contributed by atoms with Gasteiger partial charge >= 0.3 is 0 Å². The van der Waals surface area contributed by atoms with Crippen LogP contribution in [-0.2, 0) is 14.3 Å². The molecule has 0 aliphatic rings. The summed E-state index contributed by atoms with van der Waals surface area (Å²) >= 11 is 0. The predicted octanol–water partition coefficient (Wildman–Crippen LogP) is 8.67. The SMILES string of the molecule is CCCCCC/C=C/C(=CCCCCCCCCOS(C)(=O)=O)/C=C/CCCCCC. The van der Waals surface area contributed by atoms with Crippen molar-refractivity contribution in [3.63, 3.8) is 0 Å². The van der Waals surface area contributed by atoms with E-state index in [9.17, 15) is 8.42 Å². The van der Waals surface area contributed by atoms with E-state index in [1.165, 1.54) is 89.0 Å². The molecule has 0 aromatic heterocycles. The van der Waals surface area contributed by atoms with Gasteiger partial charge in [-0.1, -0.05) is 108 Å². The van der Waals surface area contributed by atoms with E-state index in [0.29, 0.717) is 6.61 Å². The van der Waals surface area contributed by atoms with Gasteiger partial charge < -0.3 is 0 Å². The quantitative estimate of drug-likeness (QED) is 0.0933. The first kappa shape index (κ1) is 30.1. The van der Waals surface area contributed by atoms with Gasteiger partial charge in [-0.25, -0.2) is 0 Å². The smallest absolute Gasteiger partial charge is 0.264 e. The van der Waals surface area contributed by atoms with E-state index in [1.54, 1.807) is 0 Å². The van der Waals surface area contributed by atoms with Crippen molar-refractivity contribution in [3.8, 4) is 0 Å². The van der Waals surface area contributed by atoms with Crippen molar-refractivity contribution in [1.82, 2.24) is 0 Å². The molecule has 182 valence electrons. The monoisotopic (exact) mass is 454 g/mol. The summed E-state index contributed by atoms with van der Waals surface area (Å²) in [6.45, 7) is 4.84. The van der Waals surface area contributed by atoms with E-state index in [2.05, 4.69) is 44.2 Å². The minimum atomic E-state index is -3.28. The lowest BCUT2D eigenvalue weighted by Gasteiger charge is -2.02. The number of rotatable bonds is 22. The molecule has 0 rings (SSSR count). The third-order valence-corrected chi connectivity index (χ3v) is 5.94. The van der Waals surface area contributed by atoms with Crippen LogP contribution < -0.4 is 0 Å². The number of hydrogen-bond acceptors (Lipinski definition) is 3. The fourth-order valence-corrected chi connectivity index (χ4v) is 3.86. The molecule has 0 N–H and O–H groups in total. The van der Waals surface area contributed by atoms with Crippen LogP contribution in [0.1, 0.15) is 123 Å². The van der Waals surface area contributed by atoms with Gasteiger partial charge in [0.15, 0.2) is 0 Å². The summed E-state index contributed by atoms with van der Waals surface area (Å²) in [6.07, 6.45) is 33.6. The summed E-state index contributed by atoms with van der Waals surface area (Å²) < 4.78 is 26.6. The van der Waals surface area contributed by atoms with Gasteiger partial charge in [-0.3, -0.25) is 4.18 Å². The number of unbranched alkanes of at least 4 members (excludes halogenated alkanes) is 14. The Labute approximate surface area is 194 Å². The predicted molar refractivity (Wildman–Crippen MR) is 137 cm³/mol. The molecule has 0 aromatic carbocycles. The van der Waals surface area contributed by atoms with Gasteiger partial charge in [0.1, 0.15) is 0 Å². The third-order valence-electron chi connectivity index (χ3n) is 5.35. The Balaban J connectivity index is 4.12. The molecule has 0 fully saturated rings. The lowest BCUT2D eigenvalue weighted by molar-refractivity contribution is 0.309. The Morgan fingerprint density at radius 2 is 1.10 bits per heavy atom. The molecule has 0 saturated heterocycles. The molecule has 31 heavy (non-hydrogen) atoms. The Bertz CT molecular complexity index is 549. The first-order valence-electron chi connectivity index (χ1n) is 12.9. The van der Waals surface area contributed by atoms with Gasteiger partial charge in [-0.15, -0.1) is 0 Å². The van der Waals surface area contributed by atoms with Crippen molar-refractivity contribution in [3.05, 3.63) is 36.0 Å². The second-order valence-corrected chi connectivity index (χ2v) is 10.3. The molecule has 0 spiro atoms. The molecule has 0 aliphatic carbocycles. The fraction of sp³-hybridized carbons (Fsp3) is 0.778. The summed E-state index contributed by atoms with van der Waals surface area (Å²) in [6, 6.07) is 0. The Morgan fingerprint density at radius 3 is 1.61 bits per heavy atom. The van der Waals surface area contributed by atoms with Crippen LogP contribution in [0, 0.1) is 0 Å². The summed E-state index contributed by atoms with van der Waals surface area (Å²) in [5, 5.41) is 0. The Morgan fingerprint density at radius 1 is 0.645 bits per heavy atom. The van der Waals surface area contributed by atoms with Gasteiger partial charge in [-0.05, 0) is 50.5 Å². The van der Waals surface area contributed by atoms with Crippen LogP contribution >= 0.6 is 0 Å². The standard InChI is InChI=1S/C27H50O3S/c1-4-6-8-10-15-19-23-27(24-20-16-11-9-7-5-2)25-21-17-13-12-14-18-22-26-30-31(3,28)29/h19-20,23-25H,4-18,21-22,26H2,1-3H3/b23-19+,24-20+. The van der Waals surface area contributed by atoms with Gasteiger partial charge in [0.05, 0.1) is 12.9 Å². The number of hydrogen-bond donors (Lipinski definition) is 0. The summed E-state index contributed by atoms with van der Waals surface area (Å²) in [5.74, 6) is 0. The molecule has 0 aromatic rings. The van der Waals surface area contributed by atoms with Gasteiger partial charge in [-0.2, -0.15) is 8.42 Å². The van der Waals surface area contributed by atoms with Crippen LogP contribution in [0.25, 0.3) is 0 Å². The molecule has 3 nitrogen and oxygen atoms in total. The molecule has 0 atom stereocenters. The highest BCUT2D eigenvalue weighted by molar-refractivity contribution is 7.85. The van der Waals surface area contributed by atoms with Crippen molar-refractivity contribution in [2.45, 2.75) is 123 Å². The van der Waals surface area contributed by atoms with Crippen LogP contribution in [0.5, 0.6) is 0 Å². The van der Waals surface area contributed by atoms with Crippen molar-refractivity contribution in [1.29, 1.82) is 0 Å². The fourth-order valence-electron chi connectivity index (χ4n) is 3.44. The maximum Gasteiger partial charge on any atom is 0.264 e. The van der Waals surface area contributed by atoms with Crippen LogP contribution in [0.2, 0.25) is 0 Å². The van der Waals surface area contributed by atoms with Crippen molar-refractivity contribution in [2.75, 3.05) is 12.9 Å². The van der Waals surface area contributed by atoms with Gasteiger partial charge in [0.25, 0.3) is 10.1 Å². The topological polar surface area (TPSA) is 43.4 Å². The minimum Gasteiger partial charge on any atom is -0.270 e. The highest BCUT2D eigenvalue weighted by Gasteiger charge is 2.00. The molecular weight excluding hydrogens is 404 g/mol. The Kier molecular flexibility index (Phi) is 21.7. The van der Waals surface area contributed by atoms with Crippen molar-refractivity contribution >= 4 is 10.1 Å². The normalized spacial score (nSPS) is 12.2.